The molecule has 1 amide bonds. The lowest BCUT2D eigenvalue weighted by molar-refractivity contribution is 0.103. The summed E-state index contributed by atoms with van der Waals surface area (Å²) in [6.45, 7) is 4.20. The number of ether oxygens (including phenoxy) is 1. The molecule has 2 aromatic rings. The minimum atomic E-state index is -0.134. The van der Waals surface area contributed by atoms with Crippen molar-refractivity contribution < 1.29 is 14.6 Å². The molecule has 0 saturated heterocycles. The first-order chi connectivity index (χ1) is 9.65. The lowest BCUT2D eigenvalue weighted by Gasteiger charge is -2.11. The Hall–Kier alpha value is -1.85. The van der Waals surface area contributed by atoms with Crippen molar-refractivity contribution in [1.82, 2.24) is 0 Å². The van der Waals surface area contributed by atoms with E-state index in [9.17, 15) is 9.90 Å². The highest BCUT2D eigenvalue weighted by molar-refractivity contribution is 7.12. The maximum absolute atomic E-state index is 12.1. The van der Waals surface area contributed by atoms with Gasteiger partial charge in [0.15, 0.2) is 0 Å². The number of aliphatic hydroxyl groups is 1. The molecule has 20 heavy (non-hydrogen) atoms. The number of rotatable bonds is 5. The van der Waals surface area contributed by atoms with Gasteiger partial charge in [0.2, 0.25) is 0 Å². The molecule has 2 rings (SSSR count). The van der Waals surface area contributed by atoms with E-state index in [0.29, 0.717) is 28.5 Å². The third kappa shape index (κ3) is 3.18. The Morgan fingerprint density at radius 1 is 1.40 bits per heavy atom. The molecule has 5 heteroatoms. The van der Waals surface area contributed by atoms with Crippen molar-refractivity contribution >= 4 is 22.9 Å². The van der Waals surface area contributed by atoms with E-state index < -0.39 is 0 Å². The molecule has 0 fully saturated rings. The van der Waals surface area contributed by atoms with Gasteiger partial charge in [-0.05, 0) is 49.1 Å². The Morgan fingerprint density at radius 2 is 2.20 bits per heavy atom. The van der Waals surface area contributed by atoms with Crippen molar-refractivity contribution in [2.24, 2.45) is 0 Å². The molecule has 0 saturated carbocycles. The lowest BCUT2D eigenvalue weighted by atomic mass is 10.2. The van der Waals surface area contributed by atoms with Crippen molar-refractivity contribution in [1.29, 1.82) is 0 Å². The summed E-state index contributed by atoms with van der Waals surface area (Å²) < 4.78 is 5.41. The van der Waals surface area contributed by atoms with Crippen molar-refractivity contribution in [2.75, 3.05) is 11.9 Å². The van der Waals surface area contributed by atoms with Gasteiger partial charge in [-0.3, -0.25) is 4.79 Å². The quantitative estimate of drug-likeness (QED) is 0.889. The van der Waals surface area contributed by atoms with Gasteiger partial charge < -0.3 is 15.2 Å². The average molecular weight is 291 g/mol. The molecule has 1 aromatic heterocycles. The van der Waals surface area contributed by atoms with Gasteiger partial charge in [-0.1, -0.05) is 0 Å². The Kier molecular flexibility index (Phi) is 4.76. The second-order valence-corrected chi connectivity index (χ2v) is 5.22. The van der Waals surface area contributed by atoms with Crippen LogP contribution in [0.25, 0.3) is 0 Å². The van der Waals surface area contributed by atoms with E-state index in [1.165, 1.54) is 11.3 Å². The van der Waals surface area contributed by atoms with Crippen LogP contribution in [0, 0.1) is 6.92 Å². The molecule has 1 heterocycles. The first-order valence-corrected chi connectivity index (χ1v) is 7.25. The number of hydrogen-bond donors (Lipinski definition) is 2. The van der Waals surface area contributed by atoms with Crippen molar-refractivity contribution in [3.05, 3.63) is 45.6 Å². The van der Waals surface area contributed by atoms with Crippen LogP contribution in [0.1, 0.15) is 27.7 Å². The number of benzene rings is 1. The normalized spacial score (nSPS) is 10.3. The van der Waals surface area contributed by atoms with Crippen molar-refractivity contribution in [3.8, 4) is 5.75 Å². The first kappa shape index (κ1) is 14.6. The number of anilines is 1. The first-order valence-electron chi connectivity index (χ1n) is 6.37. The molecule has 0 aliphatic rings. The van der Waals surface area contributed by atoms with Gasteiger partial charge in [-0.2, -0.15) is 0 Å². The van der Waals surface area contributed by atoms with Crippen LogP contribution in [0.3, 0.4) is 0 Å². The number of aryl methyl sites for hydroxylation is 1. The molecule has 2 N–H and O–H groups in total. The summed E-state index contributed by atoms with van der Waals surface area (Å²) in [6.07, 6.45) is 0. The van der Waals surface area contributed by atoms with E-state index in [-0.39, 0.29) is 12.5 Å². The predicted octanol–water partition coefficient (Wildman–Crippen LogP) is 3.20. The average Bonchev–Trinajstić information content (AvgIpc) is 2.87. The van der Waals surface area contributed by atoms with Gasteiger partial charge in [0.25, 0.3) is 5.91 Å². The summed E-state index contributed by atoms with van der Waals surface area (Å²) in [5, 5.41) is 14.1. The summed E-state index contributed by atoms with van der Waals surface area (Å²) in [4.78, 5) is 12.8. The molecule has 0 atom stereocenters. The number of nitrogens with one attached hydrogen (secondary N) is 1. The van der Waals surface area contributed by atoms with Crippen molar-refractivity contribution in [3.63, 3.8) is 0 Å². The molecule has 0 bridgehead atoms. The maximum Gasteiger partial charge on any atom is 0.265 e. The molecule has 1 aromatic carbocycles. The van der Waals surface area contributed by atoms with Crippen LogP contribution in [-0.4, -0.2) is 17.6 Å². The number of carbonyl (C=O) groups is 1. The number of hydrogen-bond acceptors (Lipinski definition) is 4. The third-order valence-corrected chi connectivity index (χ3v) is 3.87. The van der Waals surface area contributed by atoms with Gasteiger partial charge >= 0.3 is 0 Å². The second kappa shape index (κ2) is 6.54. The predicted molar refractivity (Wildman–Crippen MR) is 80.5 cm³/mol. The zero-order valence-electron chi connectivity index (χ0n) is 11.5. The minimum absolute atomic E-state index is 0.128. The van der Waals surface area contributed by atoms with E-state index in [2.05, 4.69) is 5.32 Å². The fourth-order valence-corrected chi connectivity index (χ4v) is 2.69. The Morgan fingerprint density at radius 3 is 2.80 bits per heavy atom. The molecule has 0 aliphatic carbocycles. The number of aliphatic hydroxyl groups excluding tert-OH is 1. The SMILES string of the molecule is CCOc1ccc(NC(=O)c2sccc2C)cc1CO. The molecule has 0 aliphatic heterocycles. The van der Waals surface area contributed by atoms with Crippen LogP contribution >= 0.6 is 11.3 Å². The highest BCUT2D eigenvalue weighted by atomic mass is 32.1. The van der Waals surface area contributed by atoms with E-state index in [1.807, 2.05) is 25.3 Å². The second-order valence-electron chi connectivity index (χ2n) is 4.30. The van der Waals surface area contributed by atoms with Crippen LogP contribution in [0.15, 0.2) is 29.6 Å². The largest absolute Gasteiger partial charge is 0.494 e. The van der Waals surface area contributed by atoms with Crippen LogP contribution < -0.4 is 10.1 Å². The van der Waals surface area contributed by atoms with Crippen LogP contribution in [0.5, 0.6) is 5.75 Å². The van der Waals surface area contributed by atoms with E-state index in [4.69, 9.17) is 4.74 Å². The van der Waals surface area contributed by atoms with E-state index >= 15 is 0 Å². The highest BCUT2D eigenvalue weighted by Gasteiger charge is 2.12. The molecule has 0 radical (unpaired) electrons. The Labute approximate surface area is 122 Å². The topological polar surface area (TPSA) is 58.6 Å². The van der Waals surface area contributed by atoms with Gasteiger partial charge in [-0.15, -0.1) is 11.3 Å². The van der Waals surface area contributed by atoms with Crippen LogP contribution in [0.4, 0.5) is 5.69 Å². The number of thiophene rings is 1. The zero-order valence-corrected chi connectivity index (χ0v) is 12.3. The zero-order chi connectivity index (χ0) is 14.5. The number of amides is 1. The monoisotopic (exact) mass is 291 g/mol. The summed E-state index contributed by atoms with van der Waals surface area (Å²) in [5.74, 6) is 0.505. The van der Waals surface area contributed by atoms with Crippen LogP contribution in [0.2, 0.25) is 0 Å². The Balaban J connectivity index is 2.18. The van der Waals surface area contributed by atoms with Gasteiger partial charge in [0.05, 0.1) is 18.1 Å². The smallest absolute Gasteiger partial charge is 0.265 e. The highest BCUT2D eigenvalue weighted by Crippen LogP contribution is 2.24. The summed E-state index contributed by atoms with van der Waals surface area (Å²) in [6, 6.07) is 7.17. The fourth-order valence-electron chi connectivity index (χ4n) is 1.87. The minimum Gasteiger partial charge on any atom is -0.494 e. The van der Waals surface area contributed by atoms with Gasteiger partial charge in [0.1, 0.15) is 5.75 Å². The van der Waals surface area contributed by atoms with Gasteiger partial charge in [0, 0.05) is 11.3 Å². The van der Waals surface area contributed by atoms with Crippen LogP contribution in [-0.2, 0) is 6.61 Å². The molecule has 106 valence electrons. The molecule has 4 nitrogen and oxygen atoms in total. The summed E-state index contributed by atoms with van der Waals surface area (Å²) in [7, 11) is 0. The van der Waals surface area contributed by atoms with Gasteiger partial charge in [-0.25, -0.2) is 0 Å². The third-order valence-electron chi connectivity index (χ3n) is 2.86. The molecule has 0 unspecified atom stereocenters. The standard InChI is InChI=1S/C15H17NO3S/c1-3-19-13-5-4-12(8-11(13)9-17)16-15(18)14-10(2)6-7-20-14/h4-8,17H,3,9H2,1-2H3,(H,16,18). The lowest BCUT2D eigenvalue weighted by Crippen LogP contribution is -2.11. The fraction of sp³-hybridized carbons (Fsp3) is 0.267. The number of carbonyl (C=O) groups excluding carboxylic acids is 1. The Bertz CT molecular complexity index is 607. The van der Waals surface area contributed by atoms with E-state index in [1.54, 1.807) is 18.2 Å². The molecule has 0 spiro atoms. The summed E-state index contributed by atoms with van der Waals surface area (Å²) >= 11 is 1.41. The van der Waals surface area contributed by atoms with Crippen molar-refractivity contribution in [2.45, 2.75) is 20.5 Å². The van der Waals surface area contributed by atoms with E-state index in [0.717, 1.165) is 5.56 Å². The summed E-state index contributed by atoms with van der Waals surface area (Å²) in [5.41, 5.74) is 2.27. The molecular formula is C15H17NO3S. The maximum atomic E-state index is 12.1. The molecular weight excluding hydrogens is 274 g/mol.